The van der Waals surface area contributed by atoms with Crippen LogP contribution in [0.4, 0.5) is 17.6 Å². The van der Waals surface area contributed by atoms with Crippen LogP contribution in [0.25, 0.3) is 0 Å². The molecule has 3 nitrogen and oxygen atoms in total. The molecule has 0 aliphatic carbocycles. The molecule has 1 aromatic carbocycles. The molecule has 2 fully saturated rings. The number of benzene rings is 1. The maximum Gasteiger partial charge on any atom is 0.416 e. The maximum absolute atomic E-state index is 13.9. The van der Waals surface area contributed by atoms with Gasteiger partial charge in [-0.25, -0.2) is 4.39 Å². The van der Waals surface area contributed by atoms with Crippen LogP contribution in [0, 0.1) is 11.7 Å². The number of rotatable bonds is 3. The molecule has 2 aliphatic heterocycles. The first-order chi connectivity index (χ1) is 11.4. The third kappa shape index (κ3) is 5.70. The van der Waals surface area contributed by atoms with Gasteiger partial charge in [0.25, 0.3) is 0 Å². The maximum atomic E-state index is 13.9. The second-order valence-electron chi connectivity index (χ2n) is 6.45. The zero-order valence-electron chi connectivity index (χ0n) is 14.2. The lowest BCUT2D eigenvalue weighted by molar-refractivity contribution is -0.137. The van der Waals surface area contributed by atoms with Crippen LogP contribution < -0.4 is 5.32 Å². The lowest BCUT2D eigenvalue weighted by Crippen LogP contribution is -2.47. The van der Waals surface area contributed by atoms with Gasteiger partial charge in [0.2, 0.25) is 0 Å². The van der Waals surface area contributed by atoms with Crippen molar-refractivity contribution >= 4 is 24.8 Å². The summed E-state index contributed by atoms with van der Waals surface area (Å²) >= 11 is 0. The Kier molecular flexibility index (Phi) is 9.09. The number of ether oxygens (including phenoxy) is 1. The molecule has 0 saturated carbocycles. The van der Waals surface area contributed by atoms with E-state index in [9.17, 15) is 17.6 Å². The molecule has 0 bridgehead atoms. The molecule has 1 aromatic rings. The smallest absolute Gasteiger partial charge is 0.381 e. The third-order valence-electron chi connectivity index (χ3n) is 4.85. The molecule has 2 aliphatic rings. The highest BCUT2D eigenvalue weighted by Crippen LogP contribution is 2.38. The van der Waals surface area contributed by atoms with Gasteiger partial charge in [0.15, 0.2) is 0 Å². The highest BCUT2D eigenvalue weighted by atomic mass is 35.5. The Hall–Kier alpha value is -0.600. The predicted octanol–water partition coefficient (Wildman–Crippen LogP) is 4.06. The minimum Gasteiger partial charge on any atom is -0.381 e. The number of nitrogens with one attached hydrogen (secondary N) is 1. The molecule has 26 heavy (non-hydrogen) atoms. The predicted molar refractivity (Wildman–Crippen MR) is 96.6 cm³/mol. The number of alkyl halides is 3. The Bertz CT molecular complexity index is 544. The van der Waals surface area contributed by atoms with Crippen molar-refractivity contribution in [2.24, 2.45) is 5.92 Å². The van der Waals surface area contributed by atoms with Crippen LogP contribution in [0.3, 0.4) is 0 Å². The van der Waals surface area contributed by atoms with E-state index in [0.717, 1.165) is 45.1 Å². The Balaban J connectivity index is 0.00000169. The van der Waals surface area contributed by atoms with Gasteiger partial charge in [0.1, 0.15) is 5.82 Å². The molecule has 0 spiro atoms. The van der Waals surface area contributed by atoms with E-state index >= 15 is 0 Å². The summed E-state index contributed by atoms with van der Waals surface area (Å²) in [7, 11) is 0. The van der Waals surface area contributed by atoms with Gasteiger partial charge in [0.05, 0.1) is 5.56 Å². The van der Waals surface area contributed by atoms with Crippen molar-refractivity contribution in [1.29, 1.82) is 0 Å². The minimum atomic E-state index is -4.54. The van der Waals surface area contributed by atoms with Crippen LogP contribution in [0.1, 0.15) is 30.0 Å². The first kappa shape index (κ1) is 23.4. The van der Waals surface area contributed by atoms with Crippen LogP contribution in [0.5, 0.6) is 0 Å². The highest BCUT2D eigenvalue weighted by Gasteiger charge is 2.35. The first-order valence-corrected chi connectivity index (χ1v) is 8.35. The fourth-order valence-corrected chi connectivity index (χ4v) is 3.72. The van der Waals surface area contributed by atoms with Crippen LogP contribution >= 0.6 is 24.8 Å². The number of hydrogen-bond donors (Lipinski definition) is 1. The lowest BCUT2D eigenvalue weighted by atomic mass is 9.85. The second kappa shape index (κ2) is 10.1. The summed E-state index contributed by atoms with van der Waals surface area (Å²) in [6.45, 7) is 4.30. The molecule has 1 N–H and O–H groups in total. The van der Waals surface area contributed by atoms with E-state index in [0.29, 0.717) is 24.8 Å². The number of piperazine rings is 1. The van der Waals surface area contributed by atoms with Crippen molar-refractivity contribution in [3.8, 4) is 0 Å². The molecule has 2 heterocycles. The SMILES string of the molecule is Cl.Cl.Fc1cc([C@@H](C2CCOCC2)N2CCNCC2)cc(C(F)(F)F)c1. The van der Waals surface area contributed by atoms with Crippen LogP contribution in [0.2, 0.25) is 0 Å². The summed E-state index contributed by atoms with van der Waals surface area (Å²) in [5, 5.41) is 3.25. The Morgan fingerprint density at radius 2 is 1.65 bits per heavy atom. The summed E-state index contributed by atoms with van der Waals surface area (Å²) in [6, 6.07) is 2.75. The van der Waals surface area contributed by atoms with Crippen molar-refractivity contribution < 1.29 is 22.3 Å². The topological polar surface area (TPSA) is 24.5 Å². The van der Waals surface area contributed by atoms with Gasteiger partial charge in [-0.3, -0.25) is 4.90 Å². The van der Waals surface area contributed by atoms with Crippen molar-refractivity contribution in [1.82, 2.24) is 10.2 Å². The summed E-state index contributed by atoms with van der Waals surface area (Å²) in [4.78, 5) is 2.18. The number of hydrogen-bond acceptors (Lipinski definition) is 3. The molecule has 1 atom stereocenters. The van der Waals surface area contributed by atoms with Crippen LogP contribution in [-0.4, -0.2) is 44.3 Å². The van der Waals surface area contributed by atoms with Crippen molar-refractivity contribution in [3.63, 3.8) is 0 Å². The normalized spacial score (nSPS) is 20.8. The van der Waals surface area contributed by atoms with Gasteiger partial charge >= 0.3 is 6.18 Å². The van der Waals surface area contributed by atoms with E-state index in [2.05, 4.69) is 10.2 Å². The largest absolute Gasteiger partial charge is 0.416 e. The molecule has 150 valence electrons. The van der Waals surface area contributed by atoms with Gasteiger partial charge < -0.3 is 10.1 Å². The first-order valence-electron chi connectivity index (χ1n) is 8.35. The van der Waals surface area contributed by atoms with Crippen LogP contribution in [0.15, 0.2) is 18.2 Å². The van der Waals surface area contributed by atoms with Gasteiger partial charge in [-0.05, 0) is 42.5 Å². The number of halogens is 6. The van der Waals surface area contributed by atoms with Gasteiger partial charge in [-0.2, -0.15) is 13.2 Å². The average molecular weight is 419 g/mol. The van der Waals surface area contributed by atoms with E-state index in [1.165, 1.54) is 6.07 Å². The molecule has 0 unspecified atom stereocenters. The van der Waals surface area contributed by atoms with Gasteiger partial charge in [0, 0.05) is 45.4 Å². The Morgan fingerprint density at radius 3 is 2.23 bits per heavy atom. The van der Waals surface area contributed by atoms with Crippen molar-refractivity contribution in [3.05, 3.63) is 35.1 Å². The molecule has 2 saturated heterocycles. The summed E-state index contributed by atoms with van der Waals surface area (Å²) in [6.07, 6.45) is -2.97. The second-order valence-corrected chi connectivity index (χ2v) is 6.45. The standard InChI is InChI=1S/C17H22F4N2O.2ClH/c18-15-10-13(9-14(11-15)17(19,20)21)16(12-1-7-24-8-2-12)23-5-3-22-4-6-23;;/h9-12,16,22H,1-8H2;2*1H/t16-;;/m1../s1. The molecular weight excluding hydrogens is 395 g/mol. The Labute approximate surface area is 163 Å². The molecule has 0 radical (unpaired) electrons. The highest BCUT2D eigenvalue weighted by molar-refractivity contribution is 5.85. The molecule has 0 aromatic heterocycles. The molecular formula is C17H24Cl2F4N2O. The van der Waals surface area contributed by atoms with E-state index < -0.39 is 17.6 Å². The Morgan fingerprint density at radius 1 is 1.04 bits per heavy atom. The zero-order chi connectivity index (χ0) is 17.2. The monoisotopic (exact) mass is 418 g/mol. The quantitative estimate of drug-likeness (QED) is 0.748. The van der Waals surface area contributed by atoms with Gasteiger partial charge in [-0.1, -0.05) is 0 Å². The van der Waals surface area contributed by atoms with E-state index in [4.69, 9.17) is 4.74 Å². The van der Waals surface area contributed by atoms with Crippen LogP contribution in [-0.2, 0) is 10.9 Å². The van der Waals surface area contributed by atoms with Gasteiger partial charge in [-0.15, -0.1) is 24.8 Å². The van der Waals surface area contributed by atoms with E-state index in [-0.39, 0.29) is 36.8 Å². The third-order valence-corrected chi connectivity index (χ3v) is 4.85. The zero-order valence-corrected chi connectivity index (χ0v) is 15.9. The minimum absolute atomic E-state index is 0. The molecule has 0 amide bonds. The van der Waals surface area contributed by atoms with Crippen molar-refractivity contribution in [2.45, 2.75) is 25.1 Å². The summed E-state index contributed by atoms with van der Waals surface area (Å²) < 4.78 is 58.5. The van der Waals surface area contributed by atoms with Crippen molar-refractivity contribution in [2.75, 3.05) is 39.4 Å². The van der Waals surface area contributed by atoms with E-state index in [1.54, 1.807) is 0 Å². The lowest BCUT2D eigenvalue weighted by Gasteiger charge is -2.41. The molecule has 3 rings (SSSR count). The number of nitrogens with zero attached hydrogens (tertiary/aromatic N) is 1. The molecule has 9 heteroatoms. The fourth-order valence-electron chi connectivity index (χ4n) is 3.72. The average Bonchev–Trinajstić information content (AvgIpc) is 2.56. The fraction of sp³-hybridized carbons (Fsp3) is 0.647. The van der Waals surface area contributed by atoms with E-state index in [1.807, 2.05) is 0 Å². The summed E-state index contributed by atoms with van der Waals surface area (Å²) in [5.41, 5.74) is -0.485. The summed E-state index contributed by atoms with van der Waals surface area (Å²) in [5.74, 6) is -0.647.